The van der Waals surface area contributed by atoms with Gasteiger partial charge in [-0.05, 0) is 40.9 Å². The summed E-state index contributed by atoms with van der Waals surface area (Å²) in [5.74, 6) is 0.573. The second-order valence-corrected chi connectivity index (χ2v) is 7.31. The quantitative estimate of drug-likeness (QED) is 0.827. The molecule has 3 heterocycles. The van der Waals surface area contributed by atoms with E-state index in [1.807, 2.05) is 17.0 Å². The first kappa shape index (κ1) is 13.5. The number of nitrogens with zero attached hydrogens (tertiary/aromatic N) is 1. The monoisotopic (exact) mass is 345 g/mol. The standard InChI is InChI=1S/C13H16BrNO3S/c14-11-2-1-10(19-11)12(16)15-5-3-9(4-6-15)13-17-7-8-18-13/h1-2,9,13H,3-8H2. The van der Waals surface area contributed by atoms with Crippen LogP contribution in [0, 0.1) is 5.92 Å². The van der Waals surface area contributed by atoms with E-state index in [1.165, 1.54) is 11.3 Å². The molecule has 2 fully saturated rings. The van der Waals surface area contributed by atoms with Crippen LogP contribution in [-0.4, -0.2) is 43.4 Å². The van der Waals surface area contributed by atoms with Crippen LogP contribution in [0.25, 0.3) is 0 Å². The Kier molecular flexibility index (Phi) is 4.21. The molecule has 2 aliphatic rings. The summed E-state index contributed by atoms with van der Waals surface area (Å²) in [4.78, 5) is 15.0. The van der Waals surface area contributed by atoms with Crippen molar-refractivity contribution in [1.82, 2.24) is 4.90 Å². The van der Waals surface area contributed by atoms with E-state index in [1.54, 1.807) is 0 Å². The van der Waals surface area contributed by atoms with Gasteiger partial charge in [0.15, 0.2) is 6.29 Å². The Hall–Kier alpha value is -0.430. The fourth-order valence-electron chi connectivity index (χ4n) is 2.61. The van der Waals surface area contributed by atoms with Crippen LogP contribution in [0.5, 0.6) is 0 Å². The summed E-state index contributed by atoms with van der Waals surface area (Å²) in [5, 5.41) is 0. The largest absolute Gasteiger partial charge is 0.350 e. The summed E-state index contributed by atoms with van der Waals surface area (Å²) in [6.07, 6.45) is 1.87. The molecule has 0 aliphatic carbocycles. The van der Waals surface area contributed by atoms with Gasteiger partial charge >= 0.3 is 0 Å². The third-order valence-corrected chi connectivity index (χ3v) is 5.25. The van der Waals surface area contributed by atoms with Gasteiger partial charge in [0.05, 0.1) is 21.9 Å². The number of thiophene rings is 1. The first-order chi connectivity index (χ1) is 9.24. The Morgan fingerprint density at radius 1 is 1.26 bits per heavy atom. The van der Waals surface area contributed by atoms with Crippen molar-refractivity contribution in [2.45, 2.75) is 19.1 Å². The van der Waals surface area contributed by atoms with Crippen LogP contribution in [0.4, 0.5) is 0 Å². The number of piperidine rings is 1. The first-order valence-electron chi connectivity index (χ1n) is 6.52. The van der Waals surface area contributed by atoms with Gasteiger partial charge in [0.2, 0.25) is 0 Å². The fraction of sp³-hybridized carbons (Fsp3) is 0.615. The molecule has 19 heavy (non-hydrogen) atoms. The molecule has 0 saturated carbocycles. The van der Waals surface area contributed by atoms with Gasteiger partial charge in [0.1, 0.15) is 0 Å². The van der Waals surface area contributed by atoms with Crippen molar-refractivity contribution >= 4 is 33.2 Å². The summed E-state index contributed by atoms with van der Waals surface area (Å²) in [5.41, 5.74) is 0. The van der Waals surface area contributed by atoms with Gasteiger partial charge in [-0.25, -0.2) is 0 Å². The van der Waals surface area contributed by atoms with Crippen molar-refractivity contribution in [3.05, 3.63) is 20.8 Å². The smallest absolute Gasteiger partial charge is 0.263 e. The van der Waals surface area contributed by atoms with Crippen LogP contribution in [0.15, 0.2) is 15.9 Å². The lowest BCUT2D eigenvalue weighted by molar-refractivity contribution is -0.0955. The summed E-state index contributed by atoms with van der Waals surface area (Å²) >= 11 is 4.89. The van der Waals surface area contributed by atoms with Crippen molar-refractivity contribution < 1.29 is 14.3 Å². The summed E-state index contributed by atoms with van der Waals surface area (Å²) in [6, 6.07) is 3.80. The molecule has 1 amide bonds. The van der Waals surface area contributed by atoms with Crippen molar-refractivity contribution in [3.8, 4) is 0 Å². The number of rotatable bonds is 2. The van der Waals surface area contributed by atoms with E-state index < -0.39 is 0 Å². The van der Waals surface area contributed by atoms with Gasteiger partial charge in [-0.3, -0.25) is 4.79 Å². The lowest BCUT2D eigenvalue weighted by Gasteiger charge is -2.33. The summed E-state index contributed by atoms with van der Waals surface area (Å²) in [6.45, 7) is 2.99. The Bertz CT molecular complexity index is 450. The normalized spacial score (nSPS) is 22.1. The van der Waals surface area contributed by atoms with Gasteiger partial charge < -0.3 is 14.4 Å². The van der Waals surface area contributed by atoms with Crippen LogP contribution < -0.4 is 0 Å². The highest BCUT2D eigenvalue weighted by atomic mass is 79.9. The highest BCUT2D eigenvalue weighted by Gasteiger charge is 2.32. The molecular weight excluding hydrogens is 330 g/mol. The first-order valence-corrected chi connectivity index (χ1v) is 8.13. The van der Waals surface area contributed by atoms with Crippen molar-refractivity contribution in [2.24, 2.45) is 5.92 Å². The molecule has 1 aromatic rings. The zero-order chi connectivity index (χ0) is 13.2. The molecule has 0 radical (unpaired) electrons. The van der Waals surface area contributed by atoms with Gasteiger partial charge in [0, 0.05) is 19.0 Å². The molecule has 3 rings (SSSR count). The van der Waals surface area contributed by atoms with Gasteiger partial charge in [-0.2, -0.15) is 0 Å². The maximum atomic E-state index is 12.3. The SMILES string of the molecule is O=C(c1ccc(Br)s1)N1CCC(C2OCCO2)CC1. The molecule has 0 unspecified atom stereocenters. The number of hydrogen-bond donors (Lipinski definition) is 0. The second-order valence-electron chi connectivity index (χ2n) is 4.84. The molecule has 2 saturated heterocycles. The van der Waals surface area contributed by atoms with Crippen molar-refractivity contribution in [2.75, 3.05) is 26.3 Å². The predicted octanol–water partition coefficient (Wildman–Crippen LogP) is 2.74. The second kappa shape index (κ2) is 5.91. The minimum Gasteiger partial charge on any atom is -0.350 e. The molecule has 1 aromatic heterocycles. The highest BCUT2D eigenvalue weighted by molar-refractivity contribution is 9.11. The lowest BCUT2D eigenvalue weighted by Crippen LogP contribution is -2.41. The van der Waals surface area contributed by atoms with Crippen LogP contribution in [0.1, 0.15) is 22.5 Å². The molecular formula is C13H16BrNO3S. The van der Waals surface area contributed by atoms with Crippen LogP contribution in [0.2, 0.25) is 0 Å². The number of amides is 1. The number of hydrogen-bond acceptors (Lipinski definition) is 4. The van der Waals surface area contributed by atoms with Crippen LogP contribution >= 0.6 is 27.3 Å². The zero-order valence-electron chi connectivity index (χ0n) is 10.5. The van der Waals surface area contributed by atoms with E-state index in [2.05, 4.69) is 15.9 Å². The average Bonchev–Trinajstić information content (AvgIpc) is 3.09. The molecule has 0 atom stereocenters. The number of likely N-dealkylation sites (tertiary alicyclic amines) is 1. The molecule has 2 aliphatic heterocycles. The Labute approximate surface area is 124 Å². The highest BCUT2D eigenvalue weighted by Crippen LogP contribution is 2.28. The predicted molar refractivity (Wildman–Crippen MR) is 76.3 cm³/mol. The van der Waals surface area contributed by atoms with Crippen molar-refractivity contribution in [1.29, 1.82) is 0 Å². The van der Waals surface area contributed by atoms with Crippen molar-refractivity contribution in [3.63, 3.8) is 0 Å². The van der Waals surface area contributed by atoms with E-state index in [0.717, 1.165) is 34.6 Å². The van der Waals surface area contributed by atoms with E-state index in [9.17, 15) is 4.79 Å². The number of carbonyl (C=O) groups excluding carboxylic acids is 1. The summed E-state index contributed by atoms with van der Waals surface area (Å²) in [7, 11) is 0. The summed E-state index contributed by atoms with van der Waals surface area (Å²) < 4.78 is 12.1. The maximum Gasteiger partial charge on any atom is 0.263 e. The minimum absolute atomic E-state index is 0.0480. The lowest BCUT2D eigenvalue weighted by atomic mass is 9.96. The van der Waals surface area contributed by atoms with Crippen LogP contribution in [0.3, 0.4) is 0 Å². The number of ether oxygens (including phenoxy) is 2. The number of carbonyl (C=O) groups is 1. The minimum atomic E-state index is -0.0480. The maximum absolute atomic E-state index is 12.3. The topological polar surface area (TPSA) is 38.8 Å². The van der Waals surface area contributed by atoms with Gasteiger partial charge in [0.25, 0.3) is 5.91 Å². The number of halogens is 1. The Morgan fingerprint density at radius 2 is 1.95 bits per heavy atom. The zero-order valence-corrected chi connectivity index (χ0v) is 12.9. The molecule has 4 nitrogen and oxygen atoms in total. The third kappa shape index (κ3) is 3.02. The van der Waals surface area contributed by atoms with Gasteiger partial charge in [-0.15, -0.1) is 11.3 Å². The molecule has 6 heteroatoms. The van der Waals surface area contributed by atoms with E-state index >= 15 is 0 Å². The molecule has 0 N–H and O–H groups in total. The molecule has 0 aromatic carbocycles. The van der Waals surface area contributed by atoms with Crippen LogP contribution in [-0.2, 0) is 9.47 Å². The van der Waals surface area contributed by atoms with Gasteiger partial charge in [-0.1, -0.05) is 0 Å². The third-order valence-electron chi connectivity index (χ3n) is 3.64. The average molecular weight is 346 g/mol. The van der Waals surface area contributed by atoms with E-state index in [-0.39, 0.29) is 12.2 Å². The fourth-order valence-corrected chi connectivity index (χ4v) is 3.96. The molecule has 0 spiro atoms. The molecule has 104 valence electrons. The molecule has 0 bridgehead atoms. The Balaban J connectivity index is 1.56. The Morgan fingerprint density at radius 3 is 2.53 bits per heavy atom. The van der Waals surface area contributed by atoms with E-state index in [4.69, 9.17) is 9.47 Å². The van der Waals surface area contributed by atoms with E-state index in [0.29, 0.717) is 19.1 Å².